The first-order chi connectivity index (χ1) is 16.8. The molecular formula is C27H33N3O4S2. The summed E-state index contributed by atoms with van der Waals surface area (Å²) < 4.78 is 28.8. The van der Waals surface area contributed by atoms with Crippen LogP contribution in [0.3, 0.4) is 0 Å². The number of amides is 1. The van der Waals surface area contributed by atoms with E-state index in [1.54, 1.807) is 38.2 Å². The second-order valence-electron chi connectivity index (χ2n) is 9.76. The van der Waals surface area contributed by atoms with Gasteiger partial charge in [-0.1, -0.05) is 57.2 Å². The lowest BCUT2D eigenvalue weighted by Crippen LogP contribution is -2.25. The average Bonchev–Trinajstić information content (AvgIpc) is 3.18. The van der Waals surface area contributed by atoms with Gasteiger partial charge in [-0.3, -0.25) is 9.63 Å². The molecule has 0 radical (unpaired) electrons. The summed E-state index contributed by atoms with van der Waals surface area (Å²) in [6, 6.07) is 14.8. The summed E-state index contributed by atoms with van der Waals surface area (Å²) >= 11 is 1.40. The van der Waals surface area contributed by atoms with E-state index >= 15 is 0 Å². The van der Waals surface area contributed by atoms with Crippen LogP contribution < -0.4 is 0 Å². The number of carbonyl (C=O) groups is 1. The van der Waals surface area contributed by atoms with Crippen LogP contribution in [0.25, 0.3) is 21.6 Å². The van der Waals surface area contributed by atoms with Crippen LogP contribution in [0.2, 0.25) is 0 Å². The molecule has 0 N–H and O–H groups in total. The van der Waals surface area contributed by atoms with E-state index in [0.29, 0.717) is 4.88 Å². The number of thiophene rings is 1. The van der Waals surface area contributed by atoms with Crippen molar-refractivity contribution in [2.45, 2.75) is 38.0 Å². The first-order valence-electron chi connectivity index (χ1n) is 11.4. The van der Waals surface area contributed by atoms with Gasteiger partial charge in [0.1, 0.15) is 11.2 Å². The van der Waals surface area contributed by atoms with Gasteiger partial charge in [0.05, 0.1) is 12.0 Å². The number of nitrogens with zero attached hydrogens (tertiary/aromatic N) is 3. The van der Waals surface area contributed by atoms with Crippen LogP contribution in [0.1, 0.15) is 41.6 Å². The Kier molecular flexibility index (Phi) is 8.07. The maximum absolute atomic E-state index is 13.2. The summed E-state index contributed by atoms with van der Waals surface area (Å²) in [7, 11) is 2.58. The van der Waals surface area contributed by atoms with Crippen molar-refractivity contribution >= 4 is 33.6 Å². The summed E-state index contributed by atoms with van der Waals surface area (Å²) in [5, 5.41) is 1.19. The molecule has 0 spiro atoms. The van der Waals surface area contributed by atoms with Crippen LogP contribution in [-0.2, 0) is 20.3 Å². The number of rotatable bonds is 7. The lowest BCUT2D eigenvalue weighted by molar-refractivity contribution is -0.0753. The molecule has 0 bridgehead atoms. The van der Waals surface area contributed by atoms with E-state index in [9.17, 15) is 13.2 Å². The molecular weight excluding hydrogens is 494 g/mol. The van der Waals surface area contributed by atoms with Gasteiger partial charge in [0.15, 0.2) is 0 Å². The molecule has 3 aromatic rings. The molecule has 192 valence electrons. The van der Waals surface area contributed by atoms with Crippen LogP contribution >= 0.6 is 11.3 Å². The summed E-state index contributed by atoms with van der Waals surface area (Å²) in [5.74, 6) is -0.273. The Bertz CT molecular complexity index is 1370. The minimum Gasteiger partial charge on any atom is -0.368 e. The van der Waals surface area contributed by atoms with Crippen molar-refractivity contribution in [3.63, 3.8) is 0 Å². The summed E-state index contributed by atoms with van der Waals surface area (Å²) in [5.41, 5.74) is 4.72. The molecule has 9 heteroatoms. The molecule has 7 nitrogen and oxygen atoms in total. The second kappa shape index (κ2) is 10.5. The fourth-order valence-corrected chi connectivity index (χ4v) is 5.86. The third-order valence-electron chi connectivity index (χ3n) is 5.77. The fraction of sp³-hybridized carbons (Fsp3) is 0.333. The number of hydroxylamine groups is 2. The lowest BCUT2D eigenvalue weighted by atomic mass is 9.86. The Morgan fingerprint density at radius 3 is 2.03 bits per heavy atom. The molecule has 1 amide bonds. The summed E-state index contributed by atoms with van der Waals surface area (Å²) in [6.07, 6.45) is 1.25. The largest absolute Gasteiger partial charge is 0.368 e. The highest BCUT2D eigenvalue weighted by Gasteiger charge is 2.26. The quantitative estimate of drug-likeness (QED) is 0.227. The van der Waals surface area contributed by atoms with Crippen LogP contribution in [-0.4, -0.2) is 58.9 Å². The Hall–Kier alpha value is -3.01. The SMILES string of the molecule is CON(C)C(=O)c1sc(-c2ccc(C(C)(C)C)cc2)c(C)c1-c1ccc(S(=O)(=O)/N=C/N(C)C)cc1. The standard InChI is InChI=1S/C27H33N3O4S2/c1-18-23(19-11-15-22(16-12-19)36(32,33)28-17-29(5)6)25(26(31)30(7)34-8)35-24(18)20-9-13-21(14-10-20)27(2,3)4/h9-17H,1-8H3/b28-17+. The zero-order chi connectivity index (χ0) is 26.8. The van der Waals surface area contributed by atoms with E-state index in [0.717, 1.165) is 27.1 Å². The number of hydrogen-bond acceptors (Lipinski definition) is 5. The Balaban J connectivity index is 2.12. The number of hydrogen-bond donors (Lipinski definition) is 0. The third-order valence-corrected chi connectivity index (χ3v) is 8.34. The smallest absolute Gasteiger partial charge is 0.287 e. The Morgan fingerprint density at radius 1 is 0.972 bits per heavy atom. The van der Waals surface area contributed by atoms with E-state index in [4.69, 9.17) is 4.84 Å². The van der Waals surface area contributed by atoms with Gasteiger partial charge in [-0.05, 0) is 46.7 Å². The van der Waals surface area contributed by atoms with Crippen molar-refractivity contribution in [2.75, 3.05) is 28.3 Å². The van der Waals surface area contributed by atoms with Crippen LogP contribution in [0.5, 0.6) is 0 Å². The van der Waals surface area contributed by atoms with E-state index in [2.05, 4.69) is 49.4 Å². The molecule has 0 aliphatic rings. The first-order valence-corrected chi connectivity index (χ1v) is 13.7. The van der Waals surface area contributed by atoms with E-state index < -0.39 is 10.0 Å². The predicted molar refractivity (Wildman–Crippen MR) is 147 cm³/mol. The van der Waals surface area contributed by atoms with E-state index in [-0.39, 0.29) is 16.2 Å². The number of benzene rings is 2. The molecule has 0 atom stereocenters. The second-order valence-corrected chi connectivity index (χ2v) is 12.4. The average molecular weight is 528 g/mol. The summed E-state index contributed by atoms with van der Waals surface area (Å²) in [4.78, 5) is 21.5. The van der Waals surface area contributed by atoms with Crippen molar-refractivity contribution in [3.8, 4) is 21.6 Å². The van der Waals surface area contributed by atoms with E-state index in [1.807, 2.05) is 6.92 Å². The predicted octanol–water partition coefficient (Wildman–Crippen LogP) is 5.60. The Labute approximate surface area is 218 Å². The molecule has 36 heavy (non-hydrogen) atoms. The van der Waals surface area contributed by atoms with Gasteiger partial charge >= 0.3 is 0 Å². The Morgan fingerprint density at radius 2 is 1.53 bits per heavy atom. The van der Waals surface area contributed by atoms with Gasteiger partial charge in [0.2, 0.25) is 0 Å². The van der Waals surface area contributed by atoms with E-state index in [1.165, 1.54) is 47.5 Å². The molecule has 0 unspecified atom stereocenters. The molecule has 0 aliphatic carbocycles. The van der Waals surface area contributed by atoms with Crippen LogP contribution in [0.4, 0.5) is 0 Å². The van der Waals surface area contributed by atoms with Crippen molar-refractivity contribution in [3.05, 3.63) is 64.5 Å². The molecule has 0 aliphatic heterocycles. The van der Waals surface area contributed by atoms with Crippen molar-refractivity contribution in [1.29, 1.82) is 0 Å². The molecule has 0 fully saturated rings. The zero-order valence-electron chi connectivity index (χ0n) is 22.0. The minimum atomic E-state index is -3.83. The molecule has 0 saturated carbocycles. The molecule has 1 aromatic heterocycles. The van der Waals surface area contributed by atoms with Crippen LogP contribution in [0.15, 0.2) is 57.8 Å². The summed E-state index contributed by atoms with van der Waals surface area (Å²) in [6.45, 7) is 8.49. The molecule has 2 aromatic carbocycles. The van der Waals surface area contributed by atoms with Crippen LogP contribution in [0, 0.1) is 6.92 Å². The van der Waals surface area contributed by atoms with Gasteiger partial charge < -0.3 is 4.90 Å². The highest BCUT2D eigenvalue weighted by molar-refractivity contribution is 7.90. The molecule has 1 heterocycles. The fourth-order valence-electron chi connectivity index (χ4n) is 3.65. The topological polar surface area (TPSA) is 79.3 Å². The van der Waals surface area contributed by atoms with Gasteiger partial charge in [-0.15, -0.1) is 15.7 Å². The van der Waals surface area contributed by atoms with Crippen molar-refractivity contribution in [2.24, 2.45) is 4.40 Å². The maximum atomic E-state index is 13.2. The van der Waals surface area contributed by atoms with Gasteiger partial charge in [0.25, 0.3) is 15.9 Å². The normalized spacial score (nSPS) is 12.2. The highest BCUT2D eigenvalue weighted by atomic mass is 32.2. The third kappa shape index (κ3) is 5.86. The highest BCUT2D eigenvalue weighted by Crippen LogP contribution is 2.43. The lowest BCUT2D eigenvalue weighted by Gasteiger charge is -2.19. The van der Waals surface area contributed by atoms with Crippen molar-refractivity contribution < 1.29 is 18.0 Å². The molecule has 3 rings (SSSR count). The van der Waals surface area contributed by atoms with Gasteiger partial charge in [0, 0.05) is 31.6 Å². The maximum Gasteiger partial charge on any atom is 0.287 e. The number of carbonyl (C=O) groups excluding carboxylic acids is 1. The van der Waals surface area contributed by atoms with Crippen molar-refractivity contribution in [1.82, 2.24) is 9.96 Å². The number of sulfonamides is 1. The van der Waals surface area contributed by atoms with Gasteiger partial charge in [-0.2, -0.15) is 8.42 Å². The minimum absolute atomic E-state index is 0.0369. The molecule has 0 saturated heterocycles. The van der Waals surface area contributed by atoms with Gasteiger partial charge in [-0.25, -0.2) is 5.06 Å². The monoisotopic (exact) mass is 527 g/mol. The first kappa shape index (κ1) is 27.6. The zero-order valence-corrected chi connectivity index (χ0v) is 23.6.